The summed E-state index contributed by atoms with van der Waals surface area (Å²) in [6.07, 6.45) is 28.7. The van der Waals surface area contributed by atoms with E-state index in [1.165, 1.54) is 135 Å². The minimum Gasteiger partial charge on any atom is -0.394 e. The van der Waals surface area contributed by atoms with Gasteiger partial charge in [-0.3, -0.25) is 4.79 Å². The van der Waals surface area contributed by atoms with Gasteiger partial charge in [0.15, 0.2) is 6.29 Å². The summed E-state index contributed by atoms with van der Waals surface area (Å²) in [7, 11) is 0. The molecule has 0 aliphatic carbocycles. The van der Waals surface area contributed by atoms with Gasteiger partial charge in [0.05, 0.1) is 25.4 Å². The highest BCUT2D eigenvalue weighted by atomic mass is 16.7. The predicted molar refractivity (Wildman–Crippen MR) is 218 cm³/mol. The molecule has 1 aliphatic rings. The van der Waals surface area contributed by atoms with Crippen molar-refractivity contribution >= 4 is 5.91 Å². The van der Waals surface area contributed by atoms with Gasteiger partial charge in [-0.25, -0.2) is 0 Å². The fourth-order valence-electron chi connectivity index (χ4n) is 7.22. The lowest BCUT2D eigenvalue weighted by Gasteiger charge is -2.40. The fraction of sp³-hybridized carbons (Fsp3) is 0.932. The highest BCUT2D eigenvalue weighted by Crippen LogP contribution is 2.23. The Balaban J connectivity index is 2.38. The summed E-state index contributed by atoms with van der Waals surface area (Å²) in [6, 6.07) is -0.973. The fourth-order valence-corrected chi connectivity index (χ4v) is 7.22. The quantitative estimate of drug-likeness (QED) is 0.0245. The second-order valence-electron chi connectivity index (χ2n) is 16.0. The summed E-state index contributed by atoms with van der Waals surface area (Å²) in [5.41, 5.74) is 0. The van der Waals surface area contributed by atoms with Crippen molar-refractivity contribution in [1.82, 2.24) is 5.32 Å². The first-order valence-electron chi connectivity index (χ1n) is 22.5. The van der Waals surface area contributed by atoms with Gasteiger partial charge in [0.2, 0.25) is 5.91 Å². The second-order valence-corrected chi connectivity index (χ2v) is 16.0. The second kappa shape index (κ2) is 35.1. The summed E-state index contributed by atoms with van der Waals surface area (Å²) in [5, 5.41) is 64.5. The smallest absolute Gasteiger partial charge is 0.249 e. The summed E-state index contributed by atoms with van der Waals surface area (Å²) in [4.78, 5) is 13.0. The van der Waals surface area contributed by atoms with Crippen LogP contribution < -0.4 is 5.32 Å². The summed E-state index contributed by atoms with van der Waals surface area (Å²) in [5.74, 6) is -0.615. The molecular formula is C44H85NO9. The van der Waals surface area contributed by atoms with Gasteiger partial charge in [-0.1, -0.05) is 193 Å². The first-order valence-corrected chi connectivity index (χ1v) is 22.5. The van der Waals surface area contributed by atoms with Gasteiger partial charge in [-0.2, -0.15) is 0 Å². The Kier molecular flexibility index (Phi) is 33.1. The normalized spacial score (nSPS) is 22.1. The van der Waals surface area contributed by atoms with Crippen LogP contribution >= 0.6 is 0 Å². The number of nitrogens with one attached hydrogen (secondary N) is 1. The first-order chi connectivity index (χ1) is 26.3. The monoisotopic (exact) mass is 772 g/mol. The molecule has 1 aliphatic heterocycles. The average molecular weight is 772 g/mol. The molecule has 0 radical (unpaired) electrons. The molecule has 1 heterocycles. The van der Waals surface area contributed by atoms with Crippen molar-refractivity contribution < 1.29 is 44.9 Å². The maximum atomic E-state index is 13.0. The number of carbonyl (C=O) groups is 1. The van der Waals surface area contributed by atoms with Gasteiger partial charge in [-0.15, -0.1) is 0 Å². The Morgan fingerprint density at radius 2 is 1.06 bits per heavy atom. The van der Waals surface area contributed by atoms with Crippen LogP contribution in [0.15, 0.2) is 12.2 Å². The van der Waals surface area contributed by atoms with E-state index >= 15 is 0 Å². The van der Waals surface area contributed by atoms with Crippen LogP contribution in [-0.4, -0.2) is 98.7 Å². The zero-order valence-electron chi connectivity index (χ0n) is 34.6. The summed E-state index contributed by atoms with van der Waals surface area (Å²) in [6.45, 7) is 3.59. The molecule has 1 saturated heterocycles. The van der Waals surface area contributed by atoms with Crippen molar-refractivity contribution in [2.75, 3.05) is 13.2 Å². The van der Waals surface area contributed by atoms with E-state index in [1.54, 1.807) is 6.08 Å². The molecule has 0 aromatic heterocycles. The third-order valence-electron chi connectivity index (χ3n) is 11.0. The number of hydrogen-bond acceptors (Lipinski definition) is 9. The summed E-state index contributed by atoms with van der Waals surface area (Å²) < 4.78 is 11.1. The van der Waals surface area contributed by atoms with Gasteiger partial charge in [-0.05, 0) is 19.3 Å². The molecule has 320 valence electrons. The van der Waals surface area contributed by atoms with Crippen molar-refractivity contribution in [3.8, 4) is 0 Å². The van der Waals surface area contributed by atoms with Crippen LogP contribution in [0.25, 0.3) is 0 Å². The standard InChI is InChI=1S/C44H85NO9/c1-3-5-7-9-11-13-15-16-17-18-19-20-21-23-25-27-29-31-33-38(48)43(52)45-36(35-53-44-42(51)41(50)40(49)39(34-46)54-44)37(47)32-30-28-26-24-22-14-12-10-8-6-4-2/h30,32,36-42,44,46-51H,3-29,31,33-35H2,1-2H3,(H,45,52). The van der Waals surface area contributed by atoms with E-state index in [9.17, 15) is 35.4 Å². The highest BCUT2D eigenvalue weighted by Gasteiger charge is 2.44. The Hall–Kier alpha value is -1.11. The molecule has 1 rings (SSSR count). The van der Waals surface area contributed by atoms with Crippen LogP contribution in [0.3, 0.4) is 0 Å². The molecule has 0 saturated carbocycles. The topological polar surface area (TPSA) is 169 Å². The number of unbranched alkanes of at least 4 members (excludes halogenated alkanes) is 26. The largest absolute Gasteiger partial charge is 0.394 e. The Bertz CT molecular complexity index is 875. The Morgan fingerprint density at radius 1 is 0.630 bits per heavy atom. The molecule has 8 unspecified atom stereocenters. The van der Waals surface area contributed by atoms with Gasteiger partial charge in [0.25, 0.3) is 0 Å². The van der Waals surface area contributed by atoms with Gasteiger partial charge in [0.1, 0.15) is 30.5 Å². The van der Waals surface area contributed by atoms with E-state index in [-0.39, 0.29) is 6.61 Å². The minimum atomic E-state index is -1.61. The number of carbonyl (C=O) groups excluding carboxylic acids is 1. The number of aliphatic hydroxyl groups is 6. The number of amides is 1. The van der Waals surface area contributed by atoms with Crippen LogP contribution in [0.4, 0.5) is 0 Å². The van der Waals surface area contributed by atoms with Crippen molar-refractivity contribution in [3.05, 3.63) is 12.2 Å². The molecule has 10 heteroatoms. The van der Waals surface area contributed by atoms with E-state index in [4.69, 9.17) is 9.47 Å². The minimum absolute atomic E-state index is 0.302. The summed E-state index contributed by atoms with van der Waals surface area (Å²) >= 11 is 0. The van der Waals surface area contributed by atoms with E-state index in [0.29, 0.717) is 6.42 Å². The molecular weight excluding hydrogens is 686 g/mol. The molecule has 1 fully saturated rings. The zero-order valence-corrected chi connectivity index (χ0v) is 34.6. The molecule has 0 aromatic rings. The lowest BCUT2D eigenvalue weighted by Crippen LogP contribution is -2.60. The van der Waals surface area contributed by atoms with Gasteiger partial charge >= 0.3 is 0 Å². The lowest BCUT2D eigenvalue weighted by molar-refractivity contribution is -0.302. The van der Waals surface area contributed by atoms with Gasteiger partial charge < -0.3 is 45.4 Å². The SMILES string of the molecule is CCCCCCCCCCCC=CC(O)C(COC1OC(CO)C(O)C(O)C1O)NC(=O)C(O)CCCCCCCCCCCCCCCCCCCC. The molecule has 7 N–H and O–H groups in total. The van der Waals surface area contributed by atoms with E-state index in [2.05, 4.69) is 19.2 Å². The average Bonchev–Trinajstić information content (AvgIpc) is 3.17. The first kappa shape index (κ1) is 50.9. The van der Waals surface area contributed by atoms with Crippen LogP contribution in [0, 0.1) is 0 Å². The maximum Gasteiger partial charge on any atom is 0.249 e. The lowest BCUT2D eigenvalue weighted by atomic mass is 9.99. The predicted octanol–water partition coefficient (Wildman–Crippen LogP) is 7.92. The third-order valence-corrected chi connectivity index (χ3v) is 11.0. The Labute approximate surface area is 329 Å². The molecule has 8 atom stereocenters. The molecule has 54 heavy (non-hydrogen) atoms. The van der Waals surface area contributed by atoms with Crippen LogP contribution in [0.2, 0.25) is 0 Å². The van der Waals surface area contributed by atoms with Crippen LogP contribution in [0.1, 0.15) is 200 Å². The molecule has 0 aromatic carbocycles. The van der Waals surface area contributed by atoms with Crippen molar-refractivity contribution in [2.45, 2.75) is 249 Å². The van der Waals surface area contributed by atoms with Crippen molar-refractivity contribution in [3.63, 3.8) is 0 Å². The maximum absolute atomic E-state index is 13.0. The number of hydrogen-bond donors (Lipinski definition) is 7. The number of rotatable bonds is 37. The molecule has 10 nitrogen and oxygen atoms in total. The van der Waals surface area contributed by atoms with Crippen LogP contribution in [-0.2, 0) is 14.3 Å². The van der Waals surface area contributed by atoms with Crippen molar-refractivity contribution in [1.29, 1.82) is 0 Å². The van der Waals surface area contributed by atoms with E-state index in [1.807, 2.05) is 6.08 Å². The van der Waals surface area contributed by atoms with Crippen LogP contribution in [0.5, 0.6) is 0 Å². The highest BCUT2D eigenvalue weighted by molar-refractivity contribution is 5.80. The van der Waals surface area contributed by atoms with Crippen molar-refractivity contribution in [2.24, 2.45) is 0 Å². The molecule has 1 amide bonds. The molecule has 0 bridgehead atoms. The number of allylic oxidation sites excluding steroid dienone is 1. The number of aliphatic hydroxyl groups excluding tert-OH is 6. The van der Waals surface area contributed by atoms with Gasteiger partial charge in [0, 0.05) is 0 Å². The third kappa shape index (κ3) is 25.2. The Morgan fingerprint density at radius 3 is 1.50 bits per heavy atom. The van der Waals surface area contributed by atoms with E-state index in [0.717, 1.165) is 44.9 Å². The molecule has 0 spiro atoms. The van der Waals surface area contributed by atoms with E-state index < -0.39 is 61.5 Å². The number of ether oxygens (including phenoxy) is 2. The zero-order chi connectivity index (χ0) is 39.7.